The number of aliphatic hydroxyl groups is 1. The lowest BCUT2D eigenvalue weighted by molar-refractivity contribution is 0.00684. The van der Waals surface area contributed by atoms with Crippen LogP contribution in [0.25, 0.3) is 0 Å². The lowest BCUT2D eigenvalue weighted by Gasteiger charge is -2.28. The molecule has 3 nitrogen and oxygen atoms in total. The normalized spacial score (nSPS) is 23.9. The zero-order chi connectivity index (χ0) is 12.8. The van der Waals surface area contributed by atoms with Crippen molar-refractivity contribution in [2.75, 3.05) is 6.54 Å². The van der Waals surface area contributed by atoms with Crippen LogP contribution in [-0.2, 0) is 6.54 Å². The average molecular weight is 249 g/mol. The summed E-state index contributed by atoms with van der Waals surface area (Å²) in [5, 5.41) is 13.2. The van der Waals surface area contributed by atoms with E-state index in [0.29, 0.717) is 0 Å². The molecule has 0 bridgehead atoms. The molecule has 0 spiro atoms. The summed E-state index contributed by atoms with van der Waals surface area (Å²) in [5.74, 6) is 0.872. The summed E-state index contributed by atoms with van der Waals surface area (Å²) >= 11 is 0. The molecule has 1 aliphatic carbocycles. The minimum Gasteiger partial charge on any atom is -0.488 e. The van der Waals surface area contributed by atoms with Gasteiger partial charge in [0.25, 0.3) is 0 Å². The van der Waals surface area contributed by atoms with E-state index < -0.39 is 0 Å². The second kappa shape index (κ2) is 6.76. The zero-order valence-electron chi connectivity index (χ0n) is 11.1. The van der Waals surface area contributed by atoms with Crippen molar-refractivity contribution in [2.45, 2.75) is 51.4 Å². The minimum absolute atomic E-state index is 0.0341. The Hall–Kier alpha value is -1.06. The molecule has 0 radical (unpaired) electrons. The number of hydrogen-bond acceptors (Lipinski definition) is 3. The Morgan fingerprint density at radius 2 is 2.17 bits per heavy atom. The van der Waals surface area contributed by atoms with Gasteiger partial charge in [0, 0.05) is 6.54 Å². The van der Waals surface area contributed by atoms with E-state index in [1.807, 2.05) is 12.1 Å². The molecule has 0 aliphatic heterocycles. The van der Waals surface area contributed by atoms with Crippen LogP contribution in [0.3, 0.4) is 0 Å². The van der Waals surface area contributed by atoms with E-state index in [2.05, 4.69) is 24.4 Å². The third kappa shape index (κ3) is 3.72. The first-order chi connectivity index (χ1) is 8.79. The van der Waals surface area contributed by atoms with Gasteiger partial charge in [-0.3, -0.25) is 0 Å². The van der Waals surface area contributed by atoms with Crippen LogP contribution < -0.4 is 10.1 Å². The Morgan fingerprint density at radius 3 is 2.94 bits per heavy atom. The van der Waals surface area contributed by atoms with E-state index in [1.54, 1.807) is 0 Å². The monoisotopic (exact) mass is 249 g/mol. The van der Waals surface area contributed by atoms with Crippen LogP contribution in [0.1, 0.15) is 38.2 Å². The highest BCUT2D eigenvalue weighted by Gasteiger charge is 2.24. The van der Waals surface area contributed by atoms with Crippen LogP contribution in [-0.4, -0.2) is 23.9 Å². The highest BCUT2D eigenvalue weighted by molar-refractivity contribution is 5.28. The van der Waals surface area contributed by atoms with E-state index in [1.165, 1.54) is 5.56 Å². The highest BCUT2D eigenvalue weighted by Crippen LogP contribution is 2.24. The molecule has 1 aliphatic rings. The van der Waals surface area contributed by atoms with Gasteiger partial charge in [-0.2, -0.15) is 0 Å². The van der Waals surface area contributed by atoms with Gasteiger partial charge < -0.3 is 15.2 Å². The molecule has 1 aromatic rings. The summed E-state index contributed by atoms with van der Waals surface area (Å²) in [6.07, 6.45) is 3.74. The first kappa shape index (κ1) is 13.4. The molecule has 2 atom stereocenters. The minimum atomic E-state index is -0.309. The Kier molecular flexibility index (Phi) is 5.02. The Balaban J connectivity index is 1.95. The Morgan fingerprint density at radius 1 is 1.33 bits per heavy atom. The summed E-state index contributed by atoms with van der Waals surface area (Å²) in [6.45, 7) is 3.92. The van der Waals surface area contributed by atoms with E-state index in [-0.39, 0.29) is 12.2 Å². The fraction of sp³-hybridized carbons (Fsp3) is 0.600. The van der Waals surface area contributed by atoms with Crippen LogP contribution in [0.4, 0.5) is 0 Å². The van der Waals surface area contributed by atoms with E-state index in [0.717, 1.165) is 44.5 Å². The van der Waals surface area contributed by atoms with Gasteiger partial charge in [-0.25, -0.2) is 0 Å². The predicted molar refractivity (Wildman–Crippen MR) is 72.7 cm³/mol. The predicted octanol–water partition coefficient (Wildman–Crippen LogP) is 2.48. The van der Waals surface area contributed by atoms with Gasteiger partial charge in [0.2, 0.25) is 0 Å². The number of hydrogen-bond donors (Lipinski definition) is 2. The number of rotatable bonds is 5. The van der Waals surface area contributed by atoms with Crippen molar-refractivity contribution in [2.24, 2.45) is 0 Å². The Bertz CT molecular complexity index is 367. The molecule has 2 N–H and O–H groups in total. The van der Waals surface area contributed by atoms with Crippen molar-refractivity contribution in [3.8, 4) is 5.75 Å². The molecule has 0 amide bonds. The van der Waals surface area contributed by atoms with E-state index in [9.17, 15) is 5.11 Å². The summed E-state index contributed by atoms with van der Waals surface area (Å²) in [7, 11) is 0. The molecule has 0 aromatic heterocycles. The van der Waals surface area contributed by atoms with Gasteiger partial charge in [0.15, 0.2) is 0 Å². The van der Waals surface area contributed by atoms with Gasteiger partial charge in [-0.15, -0.1) is 0 Å². The molecule has 2 rings (SSSR count). The SMILES string of the molecule is CCNCc1cccc(OC2CCCCC2O)c1. The topological polar surface area (TPSA) is 41.5 Å². The lowest BCUT2D eigenvalue weighted by Crippen LogP contribution is -2.34. The molecule has 18 heavy (non-hydrogen) atoms. The summed E-state index contributed by atoms with van der Waals surface area (Å²) in [4.78, 5) is 0. The molecular formula is C15H23NO2. The van der Waals surface area contributed by atoms with Gasteiger partial charge >= 0.3 is 0 Å². The Labute approximate surface area is 109 Å². The second-order valence-electron chi connectivity index (χ2n) is 4.94. The summed E-state index contributed by atoms with van der Waals surface area (Å²) < 4.78 is 5.91. The maximum atomic E-state index is 9.90. The third-order valence-corrected chi connectivity index (χ3v) is 3.43. The van der Waals surface area contributed by atoms with Crippen LogP contribution in [0.2, 0.25) is 0 Å². The van der Waals surface area contributed by atoms with Crippen LogP contribution in [0, 0.1) is 0 Å². The molecular weight excluding hydrogens is 226 g/mol. The average Bonchev–Trinajstić information content (AvgIpc) is 2.40. The number of nitrogens with one attached hydrogen (secondary N) is 1. The van der Waals surface area contributed by atoms with Crippen LogP contribution in [0.5, 0.6) is 5.75 Å². The first-order valence-electron chi connectivity index (χ1n) is 6.94. The second-order valence-corrected chi connectivity index (χ2v) is 4.94. The maximum absolute atomic E-state index is 9.90. The number of ether oxygens (including phenoxy) is 1. The van der Waals surface area contributed by atoms with Crippen molar-refractivity contribution in [3.05, 3.63) is 29.8 Å². The third-order valence-electron chi connectivity index (χ3n) is 3.43. The quantitative estimate of drug-likeness (QED) is 0.842. The van der Waals surface area contributed by atoms with Crippen LogP contribution >= 0.6 is 0 Å². The number of benzene rings is 1. The van der Waals surface area contributed by atoms with Crippen molar-refractivity contribution in [3.63, 3.8) is 0 Å². The van der Waals surface area contributed by atoms with Crippen molar-refractivity contribution >= 4 is 0 Å². The van der Waals surface area contributed by atoms with Crippen molar-refractivity contribution in [1.29, 1.82) is 0 Å². The fourth-order valence-electron chi connectivity index (χ4n) is 2.39. The number of aliphatic hydroxyl groups excluding tert-OH is 1. The standard InChI is InChI=1S/C15H23NO2/c1-2-16-11-12-6-5-7-13(10-12)18-15-9-4-3-8-14(15)17/h5-7,10,14-17H,2-4,8-9,11H2,1H3. The molecule has 1 saturated carbocycles. The van der Waals surface area contributed by atoms with Crippen molar-refractivity contribution in [1.82, 2.24) is 5.32 Å². The van der Waals surface area contributed by atoms with E-state index in [4.69, 9.17) is 4.74 Å². The molecule has 100 valence electrons. The van der Waals surface area contributed by atoms with Crippen LogP contribution in [0.15, 0.2) is 24.3 Å². The molecule has 3 heteroatoms. The largest absolute Gasteiger partial charge is 0.488 e. The first-order valence-corrected chi connectivity index (χ1v) is 6.94. The molecule has 0 saturated heterocycles. The summed E-state index contributed by atoms with van der Waals surface area (Å²) in [6, 6.07) is 8.13. The van der Waals surface area contributed by atoms with Gasteiger partial charge in [-0.05, 0) is 43.5 Å². The summed E-state index contributed by atoms with van der Waals surface area (Å²) in [5.41, 5.74) is 1.22. The smallest absolute Gasteiger partial charge is 0.124 e. The van der Waals surface area contributed by atoms with Crippen molar-refractivity contribution < 1.29 is 9.84 Å². The highest BCUT2D eigenvalue weighted by atomic mass is 16.5. The molecule has 1 fully saturated rings. The van der Waals surface area contributed by atoms with Gasteiger partial charge in [-0.1, -0.05) is 25.5 Å². The van der Waals surface area contributed by atoms with Gasteiger partial charge in [0.05, 0.1) is 6.10 Å². The molecule has 1 aromatic carbocycles. The lowest BCUT2D eigenvalue weighted by atomic mass is 9.95. The van der Waals surface area contributed by atoms with E-state index >= 15 is 0 Å². The fourth-order valence-corrected chi connectivity index (χ4v) is 2.39. The molecule has 2 unspecified atom stereocenters. The molecule has 0 heterocycles. The van der Waals surface area contributed by atoms with Gasteiger partial charge in [0.1, 0.15) is 11.9 Å². The zero-order valence-corrected chi connectivity index (χ0v) is 11.1. The maximum Gasteiger partial charge on any atom is 0.124 e.